The van der Waals surface area contributed by atoms with Crippen LogP contribution in [0.2, 0.25) is 0 Å². The molecule has 150 valence electrons. The molecule has 0 bridgehead atoms. The lowest BCUT2D eigenvalue weighted by molar-refractivity contribution is 0.140. The first kappa shape index (κ1) is 21.0. The third kappa shape index (κ3) is 5.21. The van der Waals surface area contributed by atoms with Gasteiger partial charge in [0.05, 0.1) is 0 Å². The number of allylic oxidation sites excluding steroid dienone is 4. The zero-order valence-corrected chi connectivity index (χ0v) is 17.7. The largest absolute Gasteiger partial charge is 0.449 e. The number of nitrogens with one attached hydrogen (secondary N) is 1. The highest BCUT2D eigenvalue weighted by molar-refractivity contribution is 8.03. The minimum Gasteiger partial charge on any atom is -0.449 e. The maximum absolute atomic E-state index is 12.3. The third-order valence-electron chi connectivity index (χ3n) is 4.82. The van der Waals surface area contributed by atoms with Crippen molar-refractivity contribution in [3.05, 3.63) is 95.4 Å². The highest BCUT2D eigenvalue weighted by Crippen LogP contribution is 2.44. The van der Waals surface area contributed by atoms with Gasteiger partial charge in [0, 0.05) is 22.6 Å². The molecule has 3 rings (SSSR count). The number of carbonyl (C=O) groups is 1. The van der Waals surface area contributed by atoms with Crippen molar-refractivity contribution >= 4 is 17.9 Å². The van der Waals surface area contributed by atoms with Crippen LogP contribution in [0.4, 0.5) is 4.79 Å². The average Bonchev–Trinajstić information content (AvgIpc) is 3.05. The predicted octanol–water partition coefficient (Wildman–Crippen LogP) is 6.29. The summed E-state index contributed by atoms with van der Waals surface area (Å²) in [6.07, 6.45) is 7.38. The molecule has 1 aliphatic carbocycles. The van der Waals surface area contributed by atoms with Crippen molar-refractivity contribution < 1.29 is 9.53 Å². The molecular formula is C25H27NO2S. The molecule has 1 atom stereocenters. The molecule has 2 aromatic rings. The Labute approximate surface area is 177 Å². The zero-order chi connectivity index (χ0) is 20.6. The van der Waals surface area contributed by atoms with Crippen molar-refractivity contribution in [1.29, 1.82) is 0 Å². The van der Waals surface area contributed by atoms with E-state index in [1.165, 1.54) is 22.3 Å². The van der Waals surface area contributed by atoms with Gasteiger partial charge in [-0.3, -0.25) is 0 Å². The fourth-order valence-corrected chi connectivity index (χ4v) is 4.49. The molecule has 1 amide bonds. The Kier molecular flexibility index (Phi) is 7.36. The minimum atomic E-state index is -0.375. The molecule has 2 aromatic carbocycles. The summed E-state index contributed by atoms with van der Waals surface area (Å²) in [4.78, 5) is 13.5. The zero-order valence-electron chi connectivity index (χ0n) is 16.9. The summed E-state index contributed by atoms with van der Waals surface area (Å²) in [7, 11) is 0. The Morgan fingerprint density at radius 2 is 1.79 bits per heavy atom. The third-order valence-corrected chi connectivity index (χ3v) is 6.09. The summed E-state index contributed by atoms with van der Waals surface area (Å²) in [6.45, 7) is 8.04. The summed E-state index contributed by atoms with van der Waals surface area (Å²) in [5.41, 5.74) is 4.89. The van der Waals surface area contributed by atoms with Gasteiger partial charge in [-0.2, -0.15) is 0 Å². The van der Waals surface area contributed by atoms with Crippen LogP contribution in [-0.2, 0) is 4.74 Å². The van der Waals surface area contributed by atoms with E-state index in [1.54, 1.807) is 17.8 Å². The molecule has 0 spiro atoms. The number of alkyl carbamates (subject to hydrolysis) is 1. The highest BCUT2D eigenvalue weighted by atomic mass is 32.2. The fourth-order valence-electron chi connectivity index (χ4n) is 3.54. The summed E-state index contributed by atoms with van der Waals surface area (Å²) >= 11 is 1.68. The van der Waals surface area contributed by atoms with Crippen LogP contribution in [0.15, 0.2) is 84.3 Å². The molecular weight excluding hydrogens is 378 g/mol. The number of benzene rings is 2. The Balaban J connectivity index is 1.56. The second-order valence-corrected chi connectivity index (χ2v) is 8.08. The van der Waals surface area contributed by atoms with Crippen molar-refractivity contribution in [2.75, 3.05) is 12.4 Å². The van der Waals surface area contributed by atoms with Gasteiger partial charge < -0.3 is 10.1 Å². The van der Waals surface area contributed by atoms with Gasteiger partial charge in [-0.1, -0.05) is 73.3 Å². The Bertz CT molecular complexity index is 886. The number of fused-ring (bicyclic) bond motifs is 3. The second-order valence-electron chi connectivity index (χ2n) is 6.99. The first-order valence-electron chi connectivity index (χ1n) is 9.83. The fraction of sp³-hybridized carbons (Fsp3) is 0.240. The number of carbonyl (C=O) groups excluding carboxylic acids is 1. The lowest BCUT2D eigenvalue weighted by atomic mass is 9.98. The van der Waals surface area contributed by atoms with E-state index < -0.39 is 0 Å². The van der Waals surface area contributed by atoms with E-state index in [-0.39, 0.29) is 18.1 Å². The molecule has 1 N–H and O–H groups in total. The molecule has 1 aliphatic rings. The monoisotopic (exact) mass is 405 g/mol. The quantitative estimate of drug-likeness (QED) is 0.524. The van der Waals surface area contributed by atoms with Crippen LogP contribution in [0.3, 0.4) is 0 Å². The maximum Gasteiger partial charge on any atom is 0.407 e. The van der Waals surface area contributed by atoms with E-state index in [1.807, 2.05) is 56.3 Å². The topological polar surface area (TPSA) is 38.3 Å². The summed E-state index contributed by atoms with van der Waals surface area (Å²) in [5, 5.41) is 2.93. The molecule has 29 heavy (non-hydrogen) atoms. The number of hydrogen-bond donors (Lipinski definition) is 1. The number of hydrogen-bond acceptors (Lipinski definition) is 3. The molecule has 0 aromatic heterocycles. The Hall–Kier alpha value is -2.72. The van der Waals surface area contributed by atoms with Gasteiger partial charge in [-0.15, -0.1) is 11.8 Å². The van der Waals surface area contributed by atoms with Gasteiger partial charge in [0.25, 0.3) is 0 Å². The van der Waals surface area contributed by atoms with Gasteiger partial charge in [-0.25, -0.2) is 4.79 Å². The minimum absolute atomic E-state index is 0.00544. The van der Waals surface area contributed by atoms with Gasteiger partial charge in [0.1, 0.15) is 6.61 Å². The van der Waals surface area contributed by atoms with Crippen LogP contribution in [0.1, 0.15) is 30.9 Å². The molecule has 4 heteroatoms. The van der Waals surface area contributed by atoms with Gasteiger partial charge >= 0.3 is 6.09 Å². The molecule has 0 fully saturated rings. The van der Waals surface area contributed by atoms with Crippen LogP contribution >= 0.6 is 11.8 Å². The van der Waals surface area contributed by atoms with Crippen molar-refractivity contribution in [2.45, 2.75) is 25.8 Å². The first-order valence-corrected chi connectivity index (χ1v) is 10.8. The van der Waals surface area contributed by atoms with Gasteiger partial charge in [-0.05, 0) is 42.2 Å². The second kappa shape index (κ2) is 10.2. The normalized spacial score (nSPS) is 14.3. The molecule has 0 unspecified atom stereocenters. The van der Waals surface area contributed by atoms with Crippen molar-refractivity contribution in [3.8, 4) is 11.1 Å². The van der Waals surface area contributed by atoms with Gasteiger partial charge in [0.2, 0.25) is 0 Å². The Morgan fingerprint density at radius 1 is 1.17 bits per heavy atom. The summed E-state index contributed by atoms with van der Waals surface area (Å²) < 4.78 is 5.61. The summed E-state index contributed by atoms with van der Waals surface area (Å²) in [6, 6.07) is 16.7. The van der Waals surface area contributed by atoms with Crippen LogP contribution in [-0.4, -0.2) is 24.5 Å². The maximum atomic E-state index is 12.3. The lowest BCUT2D eigenvalue weighted by Crippen LogP contribution is -2.35. The van der Waals surface area contributed by atoms with E-state index in [2.05, 4.69) is 36.2 Å². The van der Waals surface area contributed by atoms with E-state index in [4.69, 9.17) is 4.74 Å². The predicted molar refractivity (Wildman–Crippen MR) is 123 cm³/mol. The number of ether oxygens (including phenoxy) is 1. The van der Waals surface area contributed by atoms with Gasteiger partial charge in [0.15, 0.2) is 0 Å². The van der Waals surface area contributed by atoms with Crippen molar-refractivity contribution in [3.63, 3.8) is 0 Å². The molecule has 0 aliphatic heterocycles. The number of thioether (sulfide) groups is 1. The highest BCUT2D eigenvalue weighted by Gasteiger charge is 2.29. The van der Waals surface area contributed by atoms with E-state index in [0.29, 0.717) is 6.61 Å². The lowest BCUT2D eigenvalue weighted by Gasteiger charge is -2.17. The van der Waals surface area contributed by atoms with Crippen LogP contribution in [0.5, 0.6) is 0 Å². The van der Waals surface area contributed by atoms with Crippen molar-refractivity contribution in [1.82, 2.24) is 5.32 Å². The molecule has 0 saturated carbocycles. The molecule has 0 radical (unpaired) electrons. The average molecular weight is 406 g/mol. The van der Waals surface area contributed by atoms with Crippen LogP contribution in [0.25, 0.3) is 11.1 Å². The molecule has 0 heterocycles. The Morgan fingerprint density at radius 3 is 2.38 bits per heavy atom. The van der Waals surface area contributed by atoms with E-state index >= 15 is 0 Å². The summed E-state index contributed by atoms with van der Waals surface area (Å²) in [5.74, 6) is 0.837. The first-order chi connectivity index (χ1) is 14.1. The number of amides is 1. The SMILES string of the molecule is C=C/C=C(\C=C/C)SC[C@@H](C)NC(=O)OCC1c2ccccc2-c2ccccc21. The smallest absolute Gasteiger partial charge is 0.407 e. The van der Waals surface area contributed by atoms with Crippen LogP contribution < -0.4 is 5.32 Å². The van der Waals surface area contributed by atoms with E-state index in [0.717, 1.165) is 10.7 Å². The van der Waals surface area contributed by atoms with Crippen LogP contribution in [0, 0.1) is 0 Å². The standard InChI is InChI=1S/C25H27NO2S/c1-4-10-19(11-5-2)29-17-18(3)26-25(27)28-16-24-22-14-8-6-12-20(22)21-13-7-9-15-23(21)24/h4-15,18,24H,1,16-17H2,2-3H3,(H,26,27)/b11-5-,19-10+/t18-/m1/s1. The van der Waals surface area contributed by atoms with E-state index in [9.17, 15) is 4.79 Å². The molecule has 0 saturated heterocycles. The molecule has 3 nitrogen and oxygen atoms in total. The number of rotatable bonds is 8. The van der Waals surface area contributed by atoms with Crippen molar-refractivity contribution in [2.24, 2.45) is 0 Å².